The maximum atomic E-state index is 12.8. The molecule has 3 rings (SSSR count). The minimum Gasteiger partial charge on any atom is -0.339 e. The largest absolute Gasteiger partial charge is 0.339 e. The molecule has 0 aromatic carbocycles. The number of carbonyl (C=O) groups excluding carboxylic acids is 1. The number of aryl methyl sites for hydroxylation is 2. The van der Waals surface area contributed by atoms with Crippen molar-refractivity contribution < 1.29 is 13.8 Å². The van der Waals surface area contributed by atoms with E-state index >= 15 is 0 Å². The lowest BCUT2D eigenvalue weighted by molar-refractivity contribution is 0.0782. The number of hydrogen-bond acceptors (Lipinski definition) is 7. The fourth-order valence-corrected chi connectivity index (χ4v) is 2.44. The summed E-state index contributed by atoms with van der Waals surface area (Å²) in [5, 5.41) is 8.45. The van der Waals surface area contributed by atoms with Gasteiger partial charge in [-0.05, 0) is 19.9 Å². The number of amides is 1. The topological polar surface area (TPSA) is 98.2 Å². The van der Waals surface area contributed by atoms with Crippen LogP contribution in [-0.2, 0) is 6.54 Å². The van der Waals surface area contributed by atoms with Gasteiger partial charge in [-0.1, -0.05) is 24.2 Å². The second-order valence-corrected chi connectivity index (χ2v) is 6.12. The smallest absolute Gasteiger partial charge is 0.258 e. The second-order valence-electron chi connectivity index (χ2n) is 6.12. The summed E-state index contributed by atoms with van der Waals surface area (Å²) < 4.78 is 10.4. The Morgan fingerprint density at radius 3 is 2.62 bits per heavy atom. The molecule has 8 nitrogen and oxygen atoms in total. The van der Waals surface area contributed by atoms with E-state index in [1.165, 1.54) is 4.90 Å². The first kappa shape index (κ1) is 16.1. The lowest BCUT2D eigenvalue weighted by Gasteiger charge is -2.15. The van der Waals surface area contributed by atoms with E-state index in [2.05, 4.69) is 20.3 Å². The number of fused-ring (bicyclic) bond motifs is 1. The third kappa shape index (κ3) is 2.86. The van der Waals surface area contributed by atoms with Gasteiger partial charge in [0.1, 0.15) is 0 Å². The van der Waals surface area contributed by atoms with Gasteiger partial charge in [0.05, 0.1) is 23.2 Å². The number of aromatic nitrogens is 4. The molecular formula is C16H19N5O3. The Bertz CT molecular complexity index is 896. The van der Waals surface area contributed by atoms with Crippen molar-refractivity contribution in [2.45, 2.75) is 40.2 Å². The van der Waals surface area contributed by atoms with E-state index in [0.717, 1.165) is 0 Å². The Hall–Kier alpha value is -2.77. The zero-order valence-corrected chi connectivity index (χ0v) is 14.3. The Balaban J connectivity index is 1.89. The Morgan fingerprint density at radius 1 is 1.21 bits per heavy atom. The zero-order valence-electron chi connectivity index (χ0n) is 14.3. The van der Waals surface area contributed by atoms with Gasteiger partial charge in [-0.25, -0.2) is 4.98 Å². The lowest BCUT2D eigenvalue weighted by Crippen LogP contribution is -2.27. The van der Waals surface area contributed by atoms with E-state index in [4.69, 9.17) is 9.05 Å². The summed E-state index contributed by atoms with van der Waals surface area (Å²) in [6.45, 7) is 7.78. The van der Waals surface area contributed by atoms with Gasteiger partial charge in [0.2, 0.25) is 5.89 Å². The molecule has 1 amide bonds. The first-order valence-electron chi connectivity index (χ1n) is 7.68. The summed E-state index contributed by atoms with van der Waals surface area (Å²) in [4.78, 5) is 23.0. The number of rotatable bonds is 4. The number of pyridine rings is 1. The highest BCUT2D eigenvalue weighted by molar-refractivity contribution is 6.05. The van der Waals surface area contributed by atoms with Crippen LogP contribution in [0, 0.1) is 13.8 Å². The number of nitrogens with zero attached hydrogens (tertiary/aromatic N) is 5. The maximum Gasteiger partial charge on any atom is 0.258 e. The van der Waals surface area contributed by atoms with Gasteiger partial charge in [-0.3, -0.25) is 4.79 Å². The standard InChI is InChI=1S/C16H19N5O3/c1-8(2)14-18-12(20-23-14)7-21(5)16(22)11-6-9(3)17-15-13(11)10(4)19-24-15/h6,8H,7H2,1-5H3. The average molecular weight is 329 g/mol. The third-order valence-corrected chi connectivity index (χ3v) is 3.68. The highest BCUT2D eigenvalue weighted by atomic mass is 16.5. The molecule has 0 aliphatic heterocycles. The van der Waals surface area contributed by atoms with Gasteiger partial charge in [-0.2, -0.15) is 4.98 Å². The minimum absolute atomic E-state index is 0.148. The van der Waals surface area contributed by atoms with Gasteiger partial charge in [0, 0.05) is 18.7 Å². The Labute approximate surface area is 138 Å². The van der Waals surface area contributed by atoms with Crippen molar-refractivity contribution in [3.05, 3.63) is 34.7 Å². The van der Waals surface area contributed by atoms with E-state index in [9.17, 15) is 4.79 Å². The molecular weight excluding hydrogens is 310 g/mol. The molecule has 126 valence electrons. The van der Waals surface area contributed by atoms with Gasteiger partial charge in [0.25, 0.3) is 11.6 Å². The highest BCUT2D eigenvalue weighted by Gasteiger charge is 2.22. The van der Waals surface area contributed by atoms with Crippen LogP contribution in [0.4, 0.5) is 0 Å². The second kappa shape index (κ2) is 6.03. The van der Waals surface area contributed by atoms with Gasteiger partial charge in [0.15, 0.2) is 5.82 Å². The molecule has 0 bridgehead atoms. The first-order chi connectivity index (χ1) is 11.4. The van der Waals surface area contributed by atoms with Crippen LogP contribution >= 0.6 is 0 Å². The SMILES string of the molecule is Cc1cc(C(=O)N(C)Cc2noc(C(C)C)n2)c2c(C)noc2n1. The fraction of sp³-hybridized carbons (Fsp3) is 0.438. The molecule has 0 atom stereocenters. The molecule has 3 heterocycles. The predicted molar refractivity (Wildman–Crippen MR) is 85.5 cm³/mol. The summed E-state index contributed by atoms with van der Waals surface area (Å²) in [5.74, 6) is 1.00. The highest BCUT2D eigenvalue weighted by Crippen LogP contribution is 2.23. The molecule has 3 aromatic rings. The molecule has 8 heteroatoms. The molecule has 0 aliphatic carbocycles. The average Bonchev–Trinajstić information content (AvgIpc) is 3.13. The fourth-order valence-electron chi connectivity index (χ4n) is 2.44. The molecule has 0 spiro atoms. The van der Waals surface area contributed by atoms with E-state index in [0.29, 0.717) is 39.8 Å². The van der Waals surface area contributed by atoms with E-state index in [1.54, 1.807) is 20.0 Å². The van der Waals surface area contributed by atoms with Crippen LogP contribution < -0.4 is 0 Å². The van der Waals surface area contributed by atoms with E-state index in [-0.39, 0.29) is 18.4 Å². The van der Waals surface area contributed by atoms with Gasteiger partial charge >= 0.3 is 0 Å². The summed E-state index contributed by atoms with van der Waals surface area (Å²) in [6.07, 6.45) is 0. The van der Waals surface area contributed by atoms with Crippen LogP contribution in [0.1, 0.15) is 53.2 Å². The van der Waals surface area contributed by atoms with Crippen LogP contribution in [-0.4, -0.2) is 38.1 Å². The molecule has 0 aliphatic rings. The van der Waals surface area contributed by atoms with Crippen molar-refractivity contribution in [2.75, 3.05) is 7.05 Å². The van der Waals surface area contributed by atoms with Crippen molar-refractivity contribution in [1.82, 2.24) is 25.2 Å². The third-order valence-electron chi connectivity index (χ3n) is 3.68. The maximum absolute atomic E-state index is 12.8. The Morgan fingerprint density at radius 2 is 1.96 bits per heavy atom. The molecule has 3 aromatic heterocycles. The molecule has 0 unspecified atom stereocenters. The monoisotopic (exact) mass is 329 g/mol. The first-order valence-corrected chi connectivity index (χ1v) is 7.68. The quantitative estimate of drug-likeness (QED) is 0.725. The van der Waals surface area contributed by atoms with Crippen molar-refractivity contribution in [3.8, 4) is 0 Å². The van der Waals surface area contributed by atoms with Crippen molar-refractivity contribution in [1.29, 1.82) is 0 Å². The number of hydrogen-bond donors (Lipinski definition) is 0. The molecule has 0 saturated heterocycles. The van der Waals surface area contributed by atoms with E-state index in [1.807, 2.05) is 20.8 Å². The normalized spacial score (nSPS) is 11.4. The molecule has 0 saturated carbocycles. The van der Waals surface area contributed by atoms with Gasteiger partial charge < -0.3 is 13.9 Å². The minimum atomic E-state index is -0.173. The van der Waals surface area contributed by atoms with Crippen LogP contribution in [0.5, 0.6) is 0 Å². The summed E-state index contributed by atoms with van der Waals surface area (Å²) >= 11 is 0. The summed E-state index contributed by atoms with van der Waals surface area (Å²) in [6, 6.07) is 1.74. The molecule has 24 heavy (non-hydrogen) atoms. The summed E-state index contributed by atoms with van der Waals surface area (Å²) in [5.41, 5.74) is 2.20. The summed E-state index contributed by atoms with van der Waals surface area (Å²) in [7, 11) is 1.69. The molecule has 0 radical (unpaired) electrons. The lowest BCUT2D eigenvalue weighted by atomic mass is 10.1. The Kier molecular flexibility index (Phi) is 4.04. The van der Waals surface area contributed by atoms with Gasteiger partial charge in [-0.15, -0.1) is 0 Å². The zero-order chi connectivity index (χ0) is 17.4. The van der Waals surface area contributed by atoms with Crippen molar-refractivity contribution in [2.24, 2.45) is 0 Å². The van der Waals surface area contributed by atoms with Crippen molar-refractivity contribution >= 4 is 17.0 Å². The van der Waals surface area contributed by atoms with Crippen LogP contribution in [0.15, 0.2) is 15.1 Å². The van der Waals surface area contributed by atoms with E-state index < -0.39 is 0 Å². The van der Waals surface area contributed by atoms with Crippen LogP contribution in [0.3, 0.4) is 0 Å². The molecule has 0 N–H and O–H groups in total. The van der Waals surface area contributed by atoms with Crippen LogP contribution in [0.2, 0.25) is 0 Å². The van der Waals surface area contributed by atoms with Crippen LogP contribution in [0.25, 0.3) is 11.1 Å². The van der Waals surface area contributed by atoms with Crippen molar-refractivity contribution in [3.63, 3.8) is 0 Å². The number of carbonyl (C=O) groups is 1. The molecule has 0 fully saturated rings. The predicted octanol–water partition coefficient (Wildman–Crippen LogP) is 2.62.